The van der Waals surface area contributed by atoms with Gasteiger partial charge in [-0.05, 0) is 18.2 Å². The number of carbonyl (C=O) groups is 1. The summed E-state index contributed by atoms with van der Waals surface area (Å²) in [5.74, 6) is 0.805. The second-order valence-corrected chi connectivity index (χ2v) is 5.02. The Labute approximate surface area is 100 Å². The van der Waals surface area contributed by atoms with Gasteiger partial charge in [0.05, 0.1) is 6.26 Å². The highest BCUT2D eigenvalue weighted by Gasteiger charge is 2.23. The van der Waals surface area contributed by atoms with Crippen LogP contribution in [0.5, 0.6) is 0 Å². The van der Waals surface area contributed by atoms with Crippen molar-refractivity contribution in [3.8, 4) is 11.3 Å². The van der Waals surface area contributed by atoms with Crippen LogP contribution in [0.15, 0.2) is 41.3 Å². The molecule has 0 aliphatic rings. The minimum atomic E-state index is -0.399. The van der Waals surface area contributed by atoms with Crippen LogP contribution in [0.4, 0.5) is 0 Å². The number of aromatic nitrogens is 1. The number of ketones is 1. The molecule has 2 rings (SSSR count). The molecule has 0 unspecified atom stereocenters. The number of hydrogen-bond donors (Lipinski definition) is 0. The lowest BCUT2D eigenvalue weighted by Crippen LogP contribution is -2.20. The van der Waals surface area contributed by atoms with Crippen LogP contribution in [0.3, 0.4) is 0 Å². The second kappa shape index (κ2) is 4.17. The van der Waals surface area contributed by atoms with Gasteiger partial charge in [0.2, 0.25) is 0 Å². The quantitative estimate of drug-likeness (QED) is 0.739. The van der Waals surface area contributed by atoms with Crippen LogP contribution < -0.4 is 0 Å². The third kappa shape index (κ3) is 2.44. The van der Waals surface area contributed by atoms with Gasteiger partial charge in [-0.1, -0.05) is 20.8 Å². The van der Waals surface area contributed by atoms with Crippen molar-refractivity contribution in [3.05, 3.63) is 42.4 Å². The molecule has 88 valence electrons. The summed E-state index contributed by atoms with van der Waals surface area (Å²) in [4.78, 5) is 16.2. The Balaban J connectivity index is 2.39. The van der Waals surface area contributed by atoms with E-state index in [4.69, 9.17) is 4.42 Å². The number of carbonyl (C=O) groups excluding carboxylic acids is 1. The zero-order chi connectivity index (χ0) is 12.5. The molecule has 0 spiro atoms. The number of hydrogen-bond acceptors (Lipinski definition) is 3. The van der Waals surface area contributed by atoms with Gasteiger partial charge in [-0.2, -0.15) is 0 Å². The first-order valence-corrected chi connectivity index (χ1v) is 5.52. The third-order valence-corrected chi connectivity index (χ3v) is 2.49. The highest BCUT2D eigenvalue weighted by molar-refractivity contribution is 6.00. The fourth-order valence-electron chi connectivity index (χ4n) is 1.57. The molecule has 0 aromatic carbocycles. The highest BCUT2D eigenvalue weighted by atomic mass is 16.3. The van der Waals surface area contributed by atoms with Gasteiger partial charge < -0.3 is 4.42 Å². The smallest absolute Gasteiger partial charge is 0.169 e. The molecule has 0 bridgehead atoms. The second-order valence-electron chi connectivity index (χ2n) is 5.02. The Kier molecular flexibility index (Phi) is 2.84. The van der Waals surface area contributed by atoms with Crippen molar-refractivity contribution in [2.24, 2.45) is 5.41 Å². The summed E-state index contributed by atoms with van der Waals surface area (Å²) in [7, 11) is 0. The van der Waals surface area contributed by atoms with Crippen LogP contribution >= 0.6 is 0 Å². The maximum atomic E-state index is 12.1. The SMILES string of the molecule is CC(C)(C)C(=O)c1cncc(-c2ccco2)c1. The first-order valence-electron chi connectivity index (χ1n) is 5.52. The van der Waals surface area contributed by atoms with E-state index in [1.165, 1.54) is 0 Å². The van der Waals surface area contributed by atoms with Gasteiger partial charge in [0.25, 0.3) is 0 Å². The lowest BCUT2D eigenvalue weighted by atomic mass is 9.87. The van der Waals surface area contributed by atoms with Crippen LogP contribution in [-0.2, 0) is 0 Å². The molecule has 0 fully saturated rings. The Bertz CT molecular complexity index is 521. The van der Waals surface area contributed by atoms with E-state index < -0.39 is 5.41 Å². The zero-order valence-corrected chi connectivity index (χ0v) is 10.2. The average molecular weight is 229 g/mol. The number of furan rings is 1. The molecule has 3 nitrogen and oxygen atoms in total. The summed E-state index contributed by atoms with van der Waals surface area (Å²) >= 11 is 0. The van der Waals surface area contributed by atoms with E-state index in [-0.39, 0.29) is 5.78 Å². The molecule has 0 saturated heterocycles. The van der Waals surface area contributed by atoms with E-state index >= 15 is 0 Å². The van der Waals surface area contributed by atoms with Crippen molar-refractivity contribution in [2.45, 2.75) is 20.8 Å². The van der Waals surface area contributed by atoms with Gasteiger partial charge in [0.15, 0.2) is 5.78 Å². The van der Waals surface area contributed by atoms with E-state index in [0.29, 0.717) is 5.56 Å². The predicted molar refractivity (Wildman–Crippen MR) is 65.7 cm³/mol. The highest BCUT2D eigenvalue weighted by Crippen LogP contribution is 2.24. The molecule has 0 atom stereocenters. The maximum absolute atomic E-state index is 12.1. The molecule has 17 heavy (non-hydrogen) atoms. The van der Waals surface area contributed by atoms with Crippen LogP contribution in [0, 0.1) is 5.41 Å². The van der Waals surface area contributed by atoms with Crippen molar-refractivity contribution >= 4 is 5.78 Å². The predicted octanol–water partition coefficient (Wildman–Crippen LogP) is 3.57. The zero-order valence-electron chi connectivity index (χ0n) is 10.2. The molecule has 0 radical (unpaired) electrons. The van der Waals surface area contributed by atoms with Crippen molar-refractivity contribution < 1.29 is 9.21 Å². The van der Waals surface area contributed by atoms with Crippen LogP contribution in [0.2, 0.25) is 0 Å². The van der Waals surface area contributed by atoms with Crippen LogP contribution in [-0.4, -0.2) is 10.8 Å². The van der Waals surface area contributed by atoms with Gasteiger partial charge in [0.1, 0.15) is 5.76 Å². The maximum Gasteiger partial charge on any atom is 0.169 e. The molecule has 2 heterocycles. The minimum absolute atomic E-state index is 0.0819. The summed E-state index contributed by atoms with van der Waals surface area (Å²) in [5.41, 5.74) is 1.04. The summed E-state index contributed by atoms with van der Waals surface area (Å²) in [6.45, 7) is 5.69. The van der Waals surface area contributed by atoms with Crippen LogP contribution in [0.1, 0.15) is 31.1 Å². The van der Waals surface area contributed by atoms with Crippen molar-refractivity contribution in [3.63, 3.8) is 0 Å². The summed E-state index contributed by atoms with van der Waals surface area (Å²) in [6.07, 6.45) is 4.89. The third-order valence-electron chi connectivity index (χ3n) is 2.49. The Morgan fingerprint density at radius 1 is 1.29 bits per heavy atom. The molecular formula is C14H15NO2. The lowest BCUT2D eigenvalue weighted by molar-refractivity contribution is 0.0858. The van der Waals surface area contributed by atoms with E-state index in [0.717, 1.165) is 11.3 Å². The molecule has 0 saturated carbocycles. The van der Waals surface area contributed by atoms with Crippen molar-refractivity contribution in [1.29, 1.82) is 0 Å². The van der Waals surface area contributed by atoms with E-state index in [1.807, 2.05) is 39.0 Å². The van der Waals surface area contributed by atoms with E-state index in [2.05, 4.69) is 4.98 Å². The van der Waals surface area contributed by atoms with Gasteiger partial charge in [-0.3, -0.25) is 9.78 Å². The number of nitrogens with zero attached hydrogens (tertiary/aromatic N) is 1. The normalized spacial score (nSPS) is 11.5. The topological polar surface area (TPSA) is 43.1 Å². The Morgan fingerprint density at radius 2 is 2.06 bits per heavy atom. The van der Waals surface area contributed by atoms with Gasteiger partial charge in [-0.15, -0.1) is 0 Å². The molecule has 0 N–H and O–H groups in total. The molecule has 2 aromatic rings. The van der Waals surface area contributed by atoms with E-state index in [1.54, 1.807) is 18.7 Å². The first kappa shape index (κ1) is 11.6. The summed E-state index contributed by atoms with van der Waals surface area (Å²) in [6, 6.07) is 5.48. The fourth-order valence-corrected chi connectivity index (χ4v) is 1.57. The minimum Gasteiger partial charge on any atom is -0.464 e. The standard InChI is InChI=1S/C14H15NO2/c1-14(2,3)13(16)11-7-10(8-15-9-11)12-5-4-6-17-12/h4-9H,1-3H3. The molecule has 0 amide bonds. The molecular weight excluding hydrogens is 214 g/mol. The molecule has 2 aromatic heterocycles. The Hall–Kier alpha value is -1.90. The summed E-state index contributed by atoms with van der Waals surface area (Å²) in [5, 5.41) is 0. The lowest BCUT2D eigenvalue weighted by Gasteiger charge is -2.16. The fraction of sp³-hybridized carbons (Fsp3) is 0.286. The number of Topliss-reactive ketones (excluding diaryl/α,β-unsaturated/α-hetero) is 1. The van der Waals surface area contributed by atoms with E-state index in [9.17, 15) is 4.79 Å². The largest absolute Gasteiger partial charge is 0.464 e. The first-order chi connectivity index (χ1) is 7.98. The monoisotopic (exact) mass is 229 g/mol. The van der Waals surface area contributed by atoms with Gasteiger partial charge >= 0.3 is 0 Å². The van der Waals surface area contributed by atoms with Gasteiger partial charge in [0, 0.05) is 28.9 Å². The molecule has 0 aliphatic heterocycles. The Morgan fingerprint density at radius 3 is 2.65 bits per heavy atom. The van der Waals surface area contributed by atoms with Crippen LogP contribution in [0.25, 0.3) is 11.3 Å². The van der Waals surface area contributed by atoms with Crippen molar-refractivity contribution in [1.82, 2.24) is 4.98 Å². The average Bonchev–Trinajstić information content (AvgIpc) is 2.80. The summed E-state index contributed by atoms with van der Waals surface area (Å²) < 4.78 is 5.29. The molecule has 0 aliphatic carbocycles. The van der Waals surface area contributed by atoms with Crippen molar-refractivity contribution in [2.75, 3.05) is 0 Å². The van der Waals surface area contributed by atoms with Gasteiger partial charge in [-0.25, -0.2) is 0 Å². The molecule has 3 heteroatoms. The number of pyridine rings is 1. The number of rotatable bonds is 2.